The Hall–Kier alpha value is -1.56. The molecular formula is C13H14F2O3S. The van der Waals surface area contributed by atoms with Crippen molar-refractivity contribution in [3.8, 4) is 5.75 Å². The molecule has 0 bridgehead atoms. The smallest absolute Gasteiger partial charge is 0.387 e. The van der Waals surface area contributed by atoms with Crippen LogP contribution in [0, 0.1) is 0 Å². The average Bonchev–Trinajstić information content (AvgIpc) is 2.37. The van der Waals surface area contributed by atoms with Crippen LogP contribution in [0.3, 0.4) is 0 Å². The Morgan fingerprint density at radius 2 is 2.05 bits per heavy atom. The SMILES string of the molecule is CSCCOC(=O)/C=C/c1ccc(OC(F)F)cc1. The van der Waals surface area contributed by atoms with E-state index in [1.54, 1.807) is 30.0 Å². The van der Waals surface area contributed by atoms with Crippen LogP contribution in [0.15, 0.2) is 30.3 Å². The molecule has 0 radical (unpaired) electrons. The number of halogens is 2. The quantitative estimate of drug-likeness (QED) is 0.438. The van der Waals surface area contributed by atoms with Gasteiger partial charge in [-0.2, -0.15) is 20.5 Å². The second-order valence-electron chi connectivity index (χ2n) is 3.44. The molecule has 0 spiro atoms. The van der Waals surface area contributed by atoms with Crippen molar-refractivity contribution in [2.24, 2.45) is 0 Å². The Morgan fingerprint density at radius 1 is 1.37 bits per heavy atom. The molecule has 0 aromatic heterocycles. The maximum Gasteiger partial charge on any atom is 0.387 e. The first-order valence-corrected chi connectivity index (χ1v) is 6.90. The van der Waals surface area contributed by atoms with E-state index in [4.69, 9.17) is 4.74 Å². The number of esters is 1. The van der Waals surface area contributed by atoms with E-state index in [1.165, 1.54) is 18.2 Å². The third-order valence-corrected chi connectivity index (χ3v) is 2.62. The molecule has 3 nitrogen and oxygen atoms in total. The lowest BCUT2D eigenvalue weighted by atomic mass is 10.2. The van der Waals surface area contributed by atoms with Crippen molar-refractivity contribution >= 4 is 23.8 Å². The molecule has 0 fully saturated rings. The molecule has 0 aliphatic heterocycles. The Kier molecular flexibility index (Phi) is 6.95. The fourth-order valence-corrected chi connectivity index (χ4v) is 1.45. The van der Waals surface area contributed by atoms with Crippen LogP contribution in [0.4, 0.5) is 8.78 Å². The summed E-state index contributed by atoms with van der Waals surface area (Å²) in [6, 6.07) is 5.96. The molecule has 1 aromatic carbocycles. The zero-order valence-corrected chi connectivity index (χ0v) is 11.2. The van der Waals surface area contributed by atoms with Crippen molar-refractivity contribution in [1.29, 1.82) is 0 Å². The van der Waals surface area contributed by atoms with Crippen molar-refractivity contribution in [2.45, 2.75) is 6.61 Å². The van der Waals surface area contributed by atoms with Crippen LogP contribution in [0.5, 0.6) is 5.75 Å². The molecule has 0 amide bonds. The van der Waals surface area contributed by atoms with Crippen LogP contribution < -0.4 is 4.74 Å². The van der Waals surface area contributed by atoms with E-state index < -0.39 is 12.6 Å². The first kappa shape index (κ1) is 15.5. The third-order valence-electron chi connectivity index (χ3n) is 2.05. The minimum absolute atomic E-state index is 0.0784. The summed E-state index contributed by atoms with van der Waals surface area (Å²) in [6.45, 7) is -2.47. The number of carbonyl (C=O) groups is 1. The molecule has 0 N–H and O–H groups in total. The molecule has 0 saturated heterocycles. The van der Waals surface area contributed by atoms with Crippen molar-refractivity contribution in [3.63, 3.8) is 0 Å². The van der Waals surface area contributed by atoms with Gasteiger partial charge in [-0.3, -0.25) is 0 Å². The van der Waals surface area contributed by atoms with E-state index >= 15 is 0 Å². The van der Waals surface area contributed by atoms with Gasteiger partial charge in [0.15, 0.2) is 0 Å². The number of thioether (sulfide) groups is 1. The number of benzene rings is 1. The van der Waals surface area contributed by atoms with Gasteiger partial charge in [0.05, 0.1) is 0 Å². The Morgan fingerprint density at radius 3 is 2.63 bits per heavy atom. The predicted octanol–water partition coefficient (Wildman–Crippen LogP) is 3.21. The maximum atomic E-state index is 11.9. The molecule has 1 rings (SSSR count). The summed E-state index contributed by atoms with van der Waals surface area (Å²) in [5.74, 6) is 0.399. The summed E-state index contributed by atoms with van der Waals surface area (Å²) in [6.07, 6.45) is 4.77. The molecule has 0 heterocycles. The van der Waals surface area contributed by atoms with Gasteiger partial charge < -0.3 is 9.47 Å². The molecule has 0 atom stereocenters. The lowest BCUT2D eigenvalue weighted by Crippen LogP contribution is -2.03. The lowest BCUT2D eigenvalue weighted by molar-refractivity contribution is -0.137. The zero-order chi connectivity index (χ0) is 14.1. The van der Waals surface area contributed by atoms with Crippen LogP contribution >= 0.6 is 11.8 Å². The fraction of sp³-hybridized carbons (Fsp3) is 0.308. The Balaban J connectivity index is 2.46. The lowest BCUT2D eigenvalue weighted by Gasteiger charge is -2.03. The second kappa shape index (κ2) is 8.53. The van der Waals surface area contributed by atoms with Gasteiger partial charge in [0, 0.05) is 11.8 Å². The van der Waals surface area contributed by atoms with Crippen molar-refractivity contribution in [2.75, 3.05) is 18.6 Å². The first-order valence-electron chi connectivity index (χ1n) is 5.50. The highest BCUT2D eigenvalue weighted by atomic mass is 32.2. The molecular weight excluding hydrogens is 274 g/mol. The van der Waals surface area contributed by atoms with E-state index in [0.29, 0.717) is 12.2 Å². The number of carbonyl (C=O) groups excluding carboxylic acids is 1. The molecule has 104 valence electrons. The normalized spacial score (nSPS) is 10.9. The molecule has 1 aromatic rings. The fourth-order valence-electron chi connectivity index (χ4n) is 1.20. The van der Waals surface area contributed by atoms with E-state index in [1.807, 2.05) is 6.26 Å². The van der Waals surface area contributed by atoms with Crippen molar-refractivity contribution in [3.05, 3.63) is 35.9 Å². The highest BCUT2D eigenvalue weighted by Gasteiger charge is 2.03. The monoisotopic (exact) mass is 288 g/mol. The van der Waals surface area contributed by atoms with E-state index in [2.05, 4.69) is 4.74 Å². The Bertz CT molecular complexity index is 418. The molecule has 19 heavy (non-hydrogen) atoms. The number of alkyl halides is 2. The number of ether oxygens (including phenoxy) is 2. The minimum Gasteiger partial charge on any atom is -0.462 e. The average molecular weight is 288 g/mol. The molecule has 0 aliphatic rings. The largest absolute Gasteiger partial charge is 0.462 e. The van der Waals surface area contributed by atoms with E-state index in [-0.39, 0.29) is 5.75 Å². The molecule has 0 saturated carbocycles. The van der Waals surface area contributed by atoms with Gasteiger partial charge in [0.2, 0.25) is 0 Å². The highest BCUT2D eigenvalue weighted by molar-refractivity contribution is 7.98. The standard InChI is InChI=1S/C13H14F2O3S/c1-19-9-8-17-12(16)7-4-10-2-5-11(6-3-10)18-13(14)15/h2-7,13H,8-9H2,1H3/b7-4+. The molecule has 0 aliphatic carbocycles. The van der Waals surface area contributed by atoms with Crippen molar-refractivity contribution < 1.29 is 23.0 Å². The maximum absolute atomic E-state index is 11.9. The summed E-state index contributed by atoms with van der Waals surface area (Å²) in [7, 11) is 0. The van der Waals surface area contributed by atoms with Crippen molar-refractivity contribution in [1.82, 2.24) is 0 Å². The van der Waals surface area contributed by atoms with Gasteiger partial charge >= 0.3 is 12.6 Å². The van der Waals surface area contributed by atoms with Gasteiger partial charge in [0.25, 0.3) is 0 Å². The molecule has 6 heteroatoms. The summed E-state index contributed by atoms with van der Waals surface area (Å²) >= 11 is 1.59. The van der Waals surface area contributed by atoms with E-state index in [9.17, 15) is 13.6 Å². The summed E-state index contributed by atoms with van der Waals surface area (Å²) in [4.78, 5) is 11.3. The van der Waals surface area contributed by atoms with E-state index in [0.717, 1.165) is 5.75 Å². The van der Waals surface area contributed by atoms with Gasteiger partial charge in [0.1, 0.15) is 12.4 Å². The number of hydrogen-bond acceptors (Lipinski definition) is 4. The Labute approximate surface area is 114 Å². The highest BCUT2D eigenvalue weighted by Crippen LogP contribution is 2.15. The van der Waals surface area contributed by atoms with Gasteiger partial charge in [-0.15, -0.1) is 0 Å². The zero-order valence-electron chi connectivity index (χ0n) is 10.3. The van der Waals surface area contributed by atoms with Crippen LogP contribution in [-0.4, -0.2) is 31.2 Å². The topological polar surface area (TPSA) is 35.5 Å². The van der Waals surface area contributed by atoms with Crippen LogP contribution in [0.1, 0.15) is 5.56 Å². The van der Waals surface area contributed by atoms with Crippen LogP contribution in [0.25, 0.3) is 6.08 Å². The second-order valence-corrected chi connectivity index (χ2v) is 4.43. The number of rotatable bonds is 7. The number of hydrogen-bond donors (Lipinski definition) is 0. The summed E-state index contributed by atoms with van der Waals surface area (Å²) in [5, 5.41) is 0. The first-order chi connectivity index (χ1) is 9.11. The van der Waals surface area contributed by atoms with Crippen LogP contribution in [0.2, 0.25) is 0 Å². The third kappa shape index (κ3) is 6.81. The predicted molar refractivity (Wildman–Crippen MR) is 71.4 cm³/mol. The summed E-state index contributed by atoms with van der Waals surface area (Å²) in [5.41, 5.74) is 0.698. The molecule has 0 unspecified atom stereocenters. The van der Waals surface area contributed by atoms with Crippen LogP contribution in [-0.2, 0) is 9.53 Å². The van der Waals surface area contributed by atoms with Gasteiger partial charge in [-0.05, 0) is 30.0 Å². The summed E-state index contributed by atoms with van der Waals surface area (Å²) < 4.78 is 33.0. The minimum atomic E-state index is -2.84. The van der Waals surface area contributed by atoms with Gasteiger partial charge in [-0.25, -0.2) is 4.79 Å². The van der Waals surface area contributed by atoms with Gasteiger partial charge in [-0.1, -0.05) is 12.1 Å².